The summed E-state index contributed by atoms with van der Waals surface area (Å²) in [5.41, 5.74) is 0. The van der Waals surface area contributed by atoms with E-state index >= 15 is 0 Å². The van der Waals surface area contributed by atoms with Crippen molar-refractivity contribution in [3.63, 3.8) is 0 Å². The van der Waals surface area contributed by atoms with Crippen molar-refractivity contribution < 1.29 is 14.3 Å². The molecule has 4 heteroatoms. The minimum Gasteiger partial charge on any atom is -0.465 e. The number of ether oxygens (including phenoxy) is 1. The molecule has 3 atom stereocenters. The molecule has 4 nitrogen and oxygen atoms in total. The third kappa shape index (κ3) is 3.62. The summed E-state index contributed by atoms with van der Waals surface area (Å²) in [6.07, 6.45) is 7.36. The van der Waals surface area contributed by atoms with Crippen LogP contribution in [0.3, 0.4) is 0 Å². The highest BCUT2D eigenvalue weighted by molar-refractivity contribution is 5.82. The Balaban J connectivity index is 1.86. The van der Waals surface area contributed by atoms with Crippen LogP contribution in [0, 0.1) is 17.8 Å². The van der Waals surface area contributed by atoms with E-state index in [9.17, 15) is 9.59 Å². The molecule has 2 rings (SSSR count). The van der Waals surface area contributed by atoms with E-state index in [0.29, 0.717) is 25.5 Å². The van der Waals surface area contributed by atoms with E-state index in [1.165, 1.54) is 25.7 Å². The number of rotatable bonds is 7. The molecule has 1 amide bonds. The van der Waals surface area contributed by atoms with Crippen molar-refractivity contribution >= 4 is 11.9 Å². The summed E-state index contributed by atoms with van der Waals surface area (Å²) in [7, 11) is 0. The summed E-state index contributed by atoms with van der Waals surface area (Å²) in [6, 6.07) is 0. The zero-order chi connectivity index (χ0) is 14.5. The Bertz CT molecular complexity index is 380. The van der Waals surface area contributed by atoms with E-state index in [0.717, 1.165) is 11.8 Å². The summed E-state index contributed by atoms with van der Waals surface area (Å²) in [5.74, 6) is 1.83. The molecule has 2 saturated carbocycles. The third-order valence-electron chi connectivity index (χ3n) is 4.65. The van der Waals surface area contributed by atoms with Crippen LogP contribution in [-0.2, 0) is 14.3 Å². The van der Waals surface area contributed by atoms with Gasteiger partial charge in [-0.15, -0.1) is 6.58 Å². The summed E-state index contributed by atoms with van der Waals surface area (Å²) in [4.78, 5) is 25.5. The third-order valence-corrected chi connectivity index (χ3v) is 4.65. The van der Waals surface area contributed by atoms with Gasteiger partial charge in [0.25, 0.3) is 0 Å². The van der Waals surface area contributed by atoms with Gasteiger partial charge in [-0.3, -0.25) is 9.59 Å². The molecule has 2 aliphatic rings. The lowest BCUT2D eigenvalue weighted by Crippen LogP contribution is -2.38. The van der Waals surface area contributed by atoms with Gasteiger partial charge >= 0.3 is 5.97 Å². The van der Waals surface area contributed by atoms with Crippen LogP contribution >= 0.6 is 0 Å². The first-order chi connectivity index (χ1) is 9.63. The summed E-state index contributed by atoms with van der Waals surface area (Å²) in [6.45, 7) is 6.24. The average molecular weight is 279 g/mol. The van der Waals surface area contributed by atoms with E-state index in [2.05, 4.69) is 6.58 Å². The second kappa shape index (κ2) is 6.91. The second-order valence-corrected chi connectivity index (χ2v) is 6.01. The van der Waals surface area contributed by atoms with Crippen LogP contribution in [0.4, 0.5) is 0 Å². The lowest BCUT2D eigenvalue weighted by Gasteiger charge is -2.25. The molecule has 3 unspecified atom stereocenters. The molecule has 0 aromatic heterocycles. The maximum Gasteiger partial charge on any atom is 0.325 e. The minimum absolute atomic E-state index is 0.0412. The number of carbonyl (C=O) groups is 2. The van der Waals surface area contributed by atoms with Crippen LogP contribution in [0.5, 0.6) is 0 Å². The van der Waals surface area contributed by atoms with E-state index in [1.54, 1.807) is 17.9 Å². The molecule has 112 valence electrons. The van der Waals surface area contributed by atoms with Gasteiger partial charge < -0.3 is 9.64 Å². The Morgan fingerprint density at radius 2 is 2.15 bits per heavy atom. The van der Waals surface area contributed by atoms with Crippen molar-refractivity contribution in [3.8, 4) is 0 Å². The van der Waals surface area contributed by atoms with Gasteiger partial charge in [0, 0.05) is 13.0 Å². The van der Waals surface area contributed by atoms with Crippen molar-refractivity contribution in [3.05, 3.63) is 12.7 Å². The Kier molecular flexibility index (Phi) is 5.21. The Morgan fingerprint density at radius 3 is 2.70 bits per heavy atom. The zero-order valence-corrected chi connectivity index (χ0v) is 12.3. The molecule has 2 bridgehead atoms. The molecular weight excluding hydrogens is 254 g/mol. The standard InChI is InChI=1S/C16H25NO3/c1-3-7-17(11-16(19)20-4-2)15(18)10-14-9-12-5-6-13(14)8-12/h3,12-14H,1,4-11H2,2H3. The number of hydrogen-bond acceptors (Lipinski definition) is 3. The van der Waals surface area contributed by atoms with Crippen LogP contribution in [0.25, 0.3) is 0 Å². The highest BCUT2D eigenvalue weighted by Gasteiger charge is 2.40. The monoisotopic (exact) mass is 279 g/mol. The summed E-state index contributed by atoms with van der Waals surface area (Å²) < 4.78 is 4.92. The van der Waals surface area contributed by atoms with E-state index in [-0.39, 0.29) is 18.4 Å². The number of carbonyl (C=O) groups excluding carboxylic acids is 2. The van der Waals surface area contributed by atoms with Crippen LogP contribution in [0.1, 0.15) is 39.0 Å². The lowest BCUT2D eigenvalue weighted by atomic mass is 9.86. The molecule has 20 heavy (non-hydrogen) atoms. The van der Waals surface area contributed by atoms with Crippen molar-refractivity contribution in [2.24, 2.45) is 17.8 Å². The number of amides is 1. The number of hydrogen-bond donors (Lipinski definition) is 0. The fourth-order valence-electron chi connectivity index (χ4n) is 3.75. The predicted molar refractivity (Wildman–Crippen MR) is 77.0 cm³/mol. The van der Waals surface area contributed by atoms with Crippen molar-refractivity contribution in [1.82, 2.24) is 4.90 Å². The van der Waals surface area contributed by atoms with E-state index in [1.807, 2.05) is 0 Å². The van der Waals surface area contributed by atoms with E-state index in [4.69, 9.17) is 4.74 Å². The first-order valence-electron chi connectivity index (χ1n) is 7.68. The van der Waals surface area contributed by atoms with Gasteiger partial charge in [-0.05, 0) is 43.9 Å². The molecule has 0 aromatic carbocycles. The Labute approximate surface area is 121 Å². The molecule has 0 spiro atoms. The van der Waals surface area contributed by atoms with Gasteiger partial charge in [0.2, 0.25) is 5.91 Å². The Morgan fingerprint density at radius 1 is 1.35 bits per heavy atom. The SMILES string of the molecule is C=CCN(CC(=O)OCC)C(=O)CC1CC2CCC1C2. The van der Waals surface area contributed by atoms with E-state index < -0.39 is 0 Å². The smallest absolute Gasteiger partial charge is 0.325 e. The predicted octanol–water partition coefficient (Wildman–Crippen LogP) is 2.39. The molecule has 0 heterocycles. The minimum atomic E-state index is -0.337. The zero-order valence-electron chi connectivity index (χ0n) is 12.3. The highest BCUT2D eigenvalue weighted by atomic mass is 16.5. The maximum absolute atomic E-state index is 12.4. The van der Waals surface area contributed by atoms with Crippen LogP contribution in [-0.4, -0.2) is 36.5 Å². The first-order valence-corrected chi connectivity index (χ1v) is 7.68. The molecule has 0 aliphatic heterocycles. The molecule has 0 N–H and O–H groups in total. The molecule has 0 radical (unpaired) electrons. The fraction of sp³-hybridized carbons (Fsp3) is 0.750. The topological polar surface area (TPSA) is 46.6 Å². The fourth-order valence-corrected chi connectivity index (χ4v) is 3.75. The van der Waals surface area contributed by atoms with Crippen molar-refractivity contribution in [1.29, 1.82) is 0 Å². The van der Waals surface area contributed by atoms with Crippen LogP contribution in [0.2, 0.25) is 0 Å². The van der Waals surface area contributed by atoms with Gasteiger partial charge in [-0.2, -0.15) is 0 Å². The molecule has 2 aliphatic carbocycles. The summed E-state index contributed by atoms with van der Waals surface area (Å²) >= 11 is 0. The lowest BCUT2D eigenvalue weighted by molar-refractivity contribution is -0.149. The van der Waals surface area contributed by atoms with Gasteiger partial charge in [-0.1, -0.05) is 12.5 Å². The van der Waals surface area contributed by atoms with Crippen molar-refractivity contribution in [2.75, 3.05) is 19.7 Å². The average Bonchev–Trinajstić information content (AvgIpc) is 3.00. The summed E-state index contributed by atoms with van der Waals surface area (Å²) in [5, 5.41) is 0. The molecule has 0 saturated heterocycles. The number of esters is 1. The second-order valence-electron chi connectivity index (χ2n) is 6.01. The van der Waals surface area contributed by atoms with Gasteiger partial charge in [0.05, 0.1) is 6.61 Å². The Hall–Kier alpha value is -1.32. The number of fused-ring (bicyclic) bond motifs is 2. The van der Waals surface area contributed by atoms with Gasteiger partial charge in [0.15, 0.2) is 0 Å². The van der Waals surface area contributed by atoms with Crippen LogP contribution in [0.15, 0.2) is 12.7 Å². The molecule has 0 aromatic rings. The quantitative estimate of drug-likeness (QED) is 0.531. The highest BCUT2D eigenvalue weighted by Crippen LogP contribution is 2.49. The van der Waals surface area contributed by atoms with Crippen molar-refractivity contribution in [2.45, 2.75) is 39.0 Å². The van der Waals surface area contributed by atoms with Gasteiger partial charge in [-0.25, -0.2) is 0 Å². The maximum atomic E-state index is 12.4. The normalized spacial score (nSPS) is 27.4. The number of nitrogens with zero attached hydrogens (tertiary/aromatic N) is 1. The first kappa shape index (κ1) is 15.1. The van der Waals surface area contributed by atoms with Crippen LogP contribution < -0.4 is 0 Å². The largest absolute Gasteiger partial charge is 0.465 e. The van der Waals surface area contributed by atoms with Gasteiger partial charge in [0.1, 0.15) is 6.54 Å². The molecule has 2 fully saturated rings. The molecular formula is C16H25NO3.